The lowest BCUT2D eigenvalue weighted by Gasteiger charge is -2.16. The molecule has 212 valence electrons. The van der Waals surface area contributed by atoms with Crippen molar-refractivity contribution in [2.24, 2.45) is 5.92 Å². The first-order chi connectivity index (χ1) is 18.3. The van der Waals surface area contributed by atoms with Gasteiger partial charge in [-0.1, -0.05) is 77.6 Å². The Morgan fingerprint density at radius 3 is 2.42 bits per heavy atom. The third-order valence-electron chi connectivity index (χ3n) is 6.95. The molecule has 38 heavy (non-hydrogen) atoms. The largest absolute Gasteiger partial charge is 0.314 e. The number of ketones is 1. The summed E-state index contributed by atoms with van der Waals surface area (Å²) in [6, 6.07) is 8.17. The van der Waals surface area contributed by atoms with Crippen molar-refractivity contribution < 1.29 is 8.68 Å². The van der Waals surface area contributed by atoms with Crippen molar-refractivity contribution in [3.8, 4) is 0 Å². The Balaban J connectivity index is 0.000000357. The van der Waals surface area contributed by atoms with E-state index in [1.165, 1.54) is 51.3 Å². The number of pyridine rings is 1. The number of halogens is 2. The van der Waals surface area contributed by atoms with Gasteiger partial charge in [-0.2, -0.15) is 3.89 Å². The van der Waals surface area contributed by atoms with Crippen LogP contribution in [-0.4, -0.2) is 23.4 Å². The third kappa shape index (κ3) is 11.6. The molecule has 3 nitrogen and oxygen atoms in total. The van der Waals surface area contributed by atoms with E-state index in [4.69, 9.17) is 11.6 Å². The zero-order valence-electron chi connectivity index (χ0n) is 24.3. The van der Waals surface area contributed by atoms with Gasteiger partial charge >= 0.3 is 0 Å². The fraction of sp³-hybridized carbons (Fsp3) is 0.562. The Morgan fingerprint density at radius 1 is 1.18 bits per heavy atom. The number of nitrogens with one attached hydrogen (secondary N) is 1. The highest BCUT2D eigenvalue weighted by Gasteiger charge is 2.28. The van der Waals surface area contributed by atoms with Crippen molar-refractivity contribution in [2.45, 2.75) is 110 Å². The quantitative estimate of drug-likeness (QED) is 0.277. The first kappa shape index (κ1) is 34.3. The van der Waals surface area contributed by atoms with E-state index >= 15 is 0 Å². The van der Waals surface area contributed by atoms with Gasteiger partial charge in [-0.25, -0.2) is 0 Å². The van der Waals surface area contributed by atoms with Gasteiger partial charge in [0, 0.05) is 17.3 Å². The van der Waals surface area contributed by atoms with Crippen molar-refractivity contribution in [1.29, 1.82) is 0 Å². The summed E-state index contributed by atoms with van der Waals surface area (Å²) in [5.41, 5.74) is 3.69. The van der Waals surface area contributed by atoms with Crippen LogP contribution in [0, 0.1) is 5.92 Å². The van der Waals surface area contributed by atoms with Gasteiger partial charge in [0.15, 0.2) is 0 Å². The molecule has 1 heterocycles. The molecule has 0 radical (unpaired) electrons. The van der Waals surface area contributed by atoms with Crippen LogP contribution in [0.2, 0.25) is 5.02 Å². The number of rotatable bonds is 11. The predicted octanol–water partition coefficient (Wildman–Crippen LogP) is 9.70. The van der Waals surface area contributed by atoms with Crippen molar-refractivity contribution in [1.82, 2.24) is 10.3 Å². The summed E-state index contributed by atoms with van der Waals surface area (Å²) in [4.78, 5) is 17.0. The number of aromatic nitrogens is 1. The molecule has 0 fully saturated rings. The van der Waals surface area contributed by atoms with Gasteiger partial charge in [0.05, 0.1) is 28.7 Å². The minimum Gasteiger partial charge on any atom is -0.314 e. The second kappa shape index (κ2) is 19.4. The second-order valence-corrected chi connectivity index (χ2v) is 11.1. The summed E-state index contributed by atoms with van der Waals surface area (Å²) >= 11 is 6.24. The molecule has 0 spiro atoms. The smallest absolute Gasteiger partial charge is 0.143 e. The Hall–Kier alpha value is -1.69. The summed E-state index contributed by atoms with van der Waals surface area (Å²) in [5, 5.41) is 4.22. The number of aryl methyl sites for hydroxylation is 2. The predicted molar refractivity (Wildman–Crippen MR) is 164 cm³/mol. The second-order valence-electron chi connectivity index (χ2n) is 10.0. The average molecular weight is 563 g/mol. The van der Waals surface area contributed by atoms with Crippen LogP contribution in [0.1, 0.15) is 108 Å². The van der Waals surface area contributed by atoms with Crippen LogP contribution in [0.5, 0.6) is 0 Å². The normalized spacial score (nSPS) is 15.3. The molecule has 0 amide bonds. The molecular formula is C32H48ClFN2OS. The maximum Gasteiger partial charge on any atom is 0.143 e. The molecule has 2 aromatic rings. The number of hydrogen-bond acceptors (Lipinski definition) is 4. The number of nitrogens with zero attached hydrogens (tertiary/aromatic N) is 1. The minimum absolute atomic E-state index is 0.0369. The molecule has 1 N–H and O–H groups in total. The number of unbranched alkanes of at least 4 members (excludes halogenated alkanes) is 1. The first-order valence-electron chi connectivity index (χ1n) is 14.2. The summed E-state index contributed by atoms with van der Waals surface area (Å²) in [6.45, 7) is 17.4. The van der Waals surface area contributed by atoms with Gasteiger partial charge in [-0.05, 0) is 86.4 Å². The fourth-order valence-corrected chi connectivity index (χ4v) is 4.79. The number of carbonyl (C=O) groups is 1. The Labute approximate surface area is 240 Å². The average Bonchev–Trinajstić information content (AvgIpc) is 3.09. The number of Topliss-reactive ketones (excluding diaryl/α,β-unsaturated/α-hetero) is 1. The van der Waals surface area contributed by atoms with Crippen molar-refractivity contribution in [3.05, 3.63) is 70.5 Å². The number of allylic oxidation sites excluding steroid dienone is 1. The number of hydrogen-bond donors (Lipinski definition) is 1. The summed E-state index contributed by atoms with van der Waals surface area (Å²) in [5.74, 6) is 0.341. The van der Waals surface area contributed by atoms with Crippen LogP contribution in [-0.2, 0) is 17.6 Å². The molecular weight excluding hydrogens is 515 g/mol. The molecule has 3 atom stereocenters. The monoisotopic (exact) mass is 562 g/mol. The van der Waals surface area contributed by atoms with Crippen LogP contribution in [0.25, 0.3) is 0 Å². The third-order valence-corrected chi connectivity index (χ3v) is 7.59. The van der Waals surface area contributed by atoms with Gasteiger partial charge < -0.3 is 5.32 Å². The molecule has 3 rings (SSSR count). The van der Waals surface area contributed by atoms with Crippen LogP contribution < -0.4 is 5.32 Å². The lowest BCUT2D eigenvalue weighted by molar-refractivity contribution is -0.117. The van der Waals surface area contributed by atoms with Gasteiger partial charge in [-0.3, -0.25) is 9.78 Å². The number of fused-ring (bicyclic) bond motifs is 2. The van der Waals surface area contributed by atoms with Crippen LogP contribution in [0.15, 0.2) is 48.0 Å². The molecule has 6 heteroatoms. The van der Waals surface area contributed by atoms with Crippen molar-refractivity contribution in [3.63, 3.8) is 0 Å². The highest BCUT2D eigenvalue weighted by Crippen LogP contribution is 2.36. The summed E-state index contributed by atoms with van der Waals surface area (Å²) in [7, 11) is 0. The zero-order chi connectivity index (χ0) is 28.5. The lowest BCUT2D eigenvalue weighted by Crippen LogP contribution is -2.28. The minimum atomic E-state index is -0.395. The number of carbonyl (C=O) groups excluding carboxylic acids is 1. The molecule has 1 aliphatic carbocycles. The van der Waals surface area contributed by atoms with Crippen molar-refractivity contribution >= 4 is 29.5 Å². The van der Waals surface area contributed by atoms with E-state index in [1.54, 1.807) is 19.1 Å². The SMILES string of the molecule is C=CC(C)CC.CC(=O)C1c2ccc(Cl)cc2CCc2cc(SF)cnc21.CCCC[C@@H](CC)NCCC. The van der Waals surface area contributed by atoms with E-state index in [9.17, 15) is 8.68 Å². The molecule has 0 aliphatic heterocycles. The zero-order valence-corrected chi connectivity index (χ0v) is 25.9. The standard InChI is InChI=1S/C16H13ClFNOS.C10H23N.C6H12/c1-9(20)15-14-5-4-12(17)6-10(14)2-3-11-7-13(21-18)8-19-16(11)15;1-4-7-8-10(6-3)11-9-5-2;1-4-6(3)5-2/h4-8,15H,2-3H2,1H3;10-11H,4-9H2,1-3H3;4,6H,1,5H2,2-3H3/t;10-;/m.1./s1. The van der Waals surface area contributed by atoms with Crippen molar-refractivity contribution in [2.75, 3.05) is 6.54 Å². The van der Waals surface area contributed by atoms with E-state index < -0.39 is 5.92 Å². The van der Waals surface area contributed by atoms with E-state index in [0.29, 0.717) is 15.8 Å². The van der Waals surface area contributed by atoms with Gasteiger partial charge in [0.25, 0.3) is 0 Å². The summed E-state index contributed by atoms with van der Waals surface area (Å²) < 4.78 is 12.8. The molecule has 2 unspecified atom stereocenters. The molecule has 0 saturated carbocycles. The fourth-order valence-electron chi connectivity index (χ4n) is 4.32. The Kier molecular flexibility index (Phi) is 17.5. The maximum absolute atomic E-state index is 12.8. The van der Waals surface area contributed by atoms with Crippen LogP contribution >= 0.6 is 23.7 Å². The molecule has 0 saturated heterocycles. The lowest BCUT2D eigenvalue weighted by atomic mass is 9.88. The van der Waals surface area contributed by atoms with E-state index in [2.05, 4.69) is 51.5 Å². The van der Waals surface area contributed by atoms with Gasteiger partial charge in [0.2, 0.25) is 0 Å². The molecule has 1 aromatic carbocycles. The van der Waals surface area contributed by atoms with E-state index in [1.807, 2.05) is 18.2 Å². The van der Waals surface area contributed by atoms with Crippen LogP contribution in [0.4, 0.5) is 3.89 Å². The topological polar surface area (TPSA) is 42.0 Å². The van der Waals surface area contributed by atoms with Gasteiger partial charge in [-0.15, -0.1) is 6.58 Å². The molecule has 0 bridgehead atoms. The maximum atomic E-state index is 12.8. The highest BCUT2D eigenvalue weighted by atomic mass is 35.5. The van der Waals surface area contributed by atoms with Crippen LogP contribution in [0.3, 0.4) is 0 Å². The van der Waals surface area contributed by atoms with E-state index in [0.717, 1.165) is 41.3 Å². The van der Waals surface area contributed by atoms with Gasteiger partial charge in [0.1, 0.15) is 5.78 Å². The number of benzene rings is 1. The first-order valence-corrected chi connectivity index (χ1v) is 15.3. The Bertz CT molecular complexity index is 976. The van der Waals surface area contributed by atoms with E-state index in [-0.39, 0.29) is 17.9 Å². The highest BCUT2D eigenvalue weighted by molar-refractivity contribution is 7.94. The molecule has 1 aromatic heterocycles. The Morgan fingerprint density at radius 2 is 1.89 bits per heavy atom. The summed E-state index contributed by atoms with van der Waals surface area (Å²) in [6.07, 6.45) is 12.8. The molecule has 1 aliphatic rings.